The number of carbonyl (C=O) groups excluding carboxylic acids is 2. The van der Waals surface area contributed by atoms with Crippen LogP contribution in [0.5, 0.6) is 0 Å². The number of anilines is 2. The van der Waals surface area contributed by atoms with Gasteiger partial charge in [0.1, 0.15) is 5.01 Å². The molecule has 31 heavy (non-hydrogen) atoms. The predicted molar refractivity (Wildman–Crippen MR) is 124 cm³/mol. The summed E-state index contributed by atoms with van der Waals surface area (Å²) < 4.78 is 0. The van der Waals surface area contributed by atoms with E-state index < -0.39 is 0 Å². The predicted octanol–water partition coefficient (Wildman–Crippen LogP) is 5.01. The minimum Gasteiger partial charge on any atom is -0.326 e. The molecular formula is C24H20N4O2S. The lowest BCUT2D eigenvalue weighted by Gasteiger charge is -2.08. The maximum absolute atomic E-state index is 12.4. The van der Waals surface area contributed by atoms with E-state index in [1.165, 1.54) is 6.92 Å². The molecule has 0 atom stereocenters. The van der Waals surface area contributed by atoms with Gasteiger partial charge in [0.05, 0.1) is 12.1 Å². The molecule has 0 radical (unpaired) electrons. The van der Waals surface area contributed by atoms with Gasteiger partial charge < -0.3 is 10.6 Å². The lowest BCUT2D eigenvalue weighted by Crippen LogP contribution is -2.14. The molecule has 0 aliphatic rings. The van der Waals surface area contributed by atoms with Crippen molar-refractivity contribution in [1.82, 2.24) is 9.97 Å². The van der Waals surface area contributed by atoms with Gasteiger partial charge in [0, 0.05) is 47.2 Å². The first-order valence-corrected chi connectivity index (χ1v) is 10.6. The van der Waals surface area contributed by atoms with Gasteiger partial charge >= 0.3 is 0 Å². The second kappa shape index (κ2) is 9.32. The standard InChI is InChI=1S/C24H20N4O2S/c1-16(29)26-20-3-2-4-21(14-20)27-23(30)13-17-5-7-18(8-6-17)22-15-31-24(28-22)19-9-11-25-12-10-19/h2-12,14-15H,13H2,1H3,(H,26,29)(H,27,30). The molecule has 0 bridgehead atoms. The summed E-state index contributed by atoms with van der Waals surface area (Å²) in [5, 5.41) is 8.54. The van der Waals surface area contributed by atoms with Crippen molar-refractivity contribution in [2.24, 2.45) is 0 Å². The number of rotatable bonds is 6. The Kier molecular flexibility index (Phi) is 6.14. The van der Waals surface area contributed by atoms with Crippen molar-refractivity contribution in [3.05, 3.63) is 84.0 Å². The minimum absolute atomic E-state index is 0.124. The second-order valence-electron chi connectivity index (χ2n) is 6.96. The molecule has 154 valence electrons. The van der Waals surface area contributed by atoms with Gasteiger partial charge in [-0.05, 0) is 35.9 Å². The molecular weight excluding hydrogens is 408 g/mol. The van der Waals surface area contributed by atoms with E-state index in [9.17, 15) is 9.59 Å². The summed E-state index contributed by atoms with van der Waals surface area (Å²) in [5.41, 5.74) is 5.14. The monoisotopic (exact) mass is 428 g/mol. The van der Waals surface area contributed by atoms with Crippen molar-refractivity contribution >= 4 is 34.5 Å². The molecule has 7 heteroatoms. The minimum atomic E-state index is -0.156. The van der Waals surface area contributed by atoms with Crippen LogP contribution in [0.4, 0.5) is 11.4 Å². The Labute approximate surface area is 184 Å². The summed E-state index contributed by atoms with van der Waals surface area (Å²) in [5.74, 6) is -0.280. The number of nitrogens with zero attached hydrogens (tertiary/aromatic N) is 2. The fourth-order valence-corrected chi connectivity index (χ4v) is 3.93. The Morgan fingerprint density at radius 1 is 0.903 bits per heavy atom. The van der Waals surface area contributed by atoms with Crippen molar-refractivity contribution in [3.8, 4) is 21.8 Å². The van der Waals surface area contributed by atoms with Crippen molar-refractivity contribution in [3.63, 3.8) is 0 Å². The average molecular weight is 429 g/mol. The van der Waals surface area contributed by atoms with Crippen molar-refractivity contribution in [2.45, 2.75) is 13.3 Å². The van der Waals surface area contributed by atoms with E-state index in [1.54, 1.807) is 48.0 Å². The Hall–Kier alpha value is -3.84. The highest BCUT2D eigenvalue weighted by Gasteiger charge is 2.09. The Balaban J connectivity index is 1.39. The Morgan fingerprint density at radius 3 is 2.32 bits per heavy atom. The number of aromatic nitrogens is 2. The molecule has 0 saturated heterocycles. The average Bonchev–Trinajstić information content (AvgIpc) is 3.25. The molecule has 0 spiro atoms. The van der Waals surface area contributed by atoms with Crippen LogP contribution in [0.3, 0.4) is 0 Å². The number of benzene rings is 2. The molecule has 2 aromatic heterocycles. The van der Waals surface area contributed by atoms with Gasteiger partial charge in [-0.15, -0.1) is 11.3 Å². The van der Waals surface area contributed by atoms with Crippen molar-refractivity contribution in [1.29, 1.82) is 0 Å². The van der Waals surface area contributed by atoms with Gasteiger partial charge in [0.15, 0.2) is 0 Å². The molecule has 4 aromatic rings. The first-order chi connectivity index (χ1) is 15.1. The van der Waals surface area contributed by atoms with Crippen LogP contribution in [-0.4, -0.2) is 21.8 Å². The lowest BCUT2D eigenvalue weighted by atomic mass is 10.1. The third-order valence-electron chi connectivity index (χ3n) is 4.51. The highest BCUT2D eigenvalue weighted by atomic mass is 32.1. The number of hydrogen-bond donors (Lipinski definition) is 2. The molecule has 2 amide bonds. The molecule has 0 unspecified atom stereocenters. The normalized spacial score (nSPS) is 10.5. The Morgan fingerprint density at radius 2 is 1.61 bits per heavy atom. The molecule has 4 rings (SSSR count). The number of carbonyl (C=O) groups is 2. The van der Waals surface area contributed by atoms with Crippen LogP contribution in [0.2, 0.25) is 0 Å². The van der Waals surface area contributed by atoms with E-state index >= 15 is 0 Å². The van der Waals surface area contributed by atoms with Crippen molar-refractivity contribution in [2.75, 3.05) is 10.6 Å². The summed E-state index contributed by atoms with van der Waals surface area (Å²) in [7, 11) is 0. The fourth-order valence-electron chi connectivity index (χ4n) is 3.10. The number of hydrogen-bond acceptors (Lipinski definition) is 5. The van der Waals surface area contributed by atoms with Crippen LogP contribution >= 0.6 is 11.3 Å². The quantitative estimate of drug-likeness (QED) is 0.452. The summed E-state index contributed by atoms with van der Waals surface area (Å²) in [6.07, 6.45) is 3.77. The van der Waals surface area contributed by atoms with Crippen LogP contribution in [-0.2, 0) is 16.0 Å². The van der Waals surface area contributed by atoms with Gasteiger partial charge in [0.2, 0.25) is 11.8 Å². The smallest absolute Gasteiger partial charge is 0.228 e. The highest BCUT2D eigenvalue weighted by Crippen LogP contribution is 2.28. The number of nitrogens with one attached hydrogen (secondary N) is 2. The zero-order valence-corrected chi connectivity index (χ0v) is 17.6. The summed E-state index contributed by atoms with van der Waals surface area (Å²) in [6, 6.07) is 18.8. The number of amides is 2. The van der Waals surface area contributed by atoms with Gasteiger partial charge in [-0.2, -0.15) is 0 Å². The van der Waals surface area contributed by atoms with E-state index in [4.69, 9.17) is 4.98 Å². The van der Waals surface area contributed by atoms with Crippen LogP contribution in [0.25, 0.3) is 21.8 Å². The van der Waals surface area contributed by atoms with E-state index in [1.807, 2.05) is 41.8 Å². The van der Waals surface area contributed by atoms with Gasteiger partial charge in [0.25, 0.3) is 0 Å². The molecule has 0 aliphatic heterocycles. The second-order valence-corrected chi connectivity index (χ2v) is 7.82. The van der Waals surface area contributed by atoms with Crippen LogP contribution < -0.4 is 10.6 Å². The SMILES string of the molecule is CC(=O)Nc1cccc(NC(=O)Cc2ccc(-c3csc(-c4ccncc4)n3)cc2)c1. The van der Waals surface area contributed by atoms with Gasteiger partial charge in [-0.1, -0.05) is 30.3 Å². The zero-order chi connectivity index (χ0) is 21.6. The topological polar surface area (TPSA) is 84.0 Å². The summed E-state index contributed by atoms with van der Waals surface area (Å²) in [4.78, 5) is 32.3. The van der Waals surface area contributed by atoms with E-state index in [-0.39, 0.29) is 18.2 Å². The molecule has 2 N–H and O–H groups in total. The first kappa shape index (κ1) is 20.4. The van der Waals surface area contributed by atoms with Crippen LogP contribution in [0.1, 0.15) is 12.5 Å². The van der Waals surface area contributed by atoms with Crippen molar-refractivity contribution < 1.29 is 9.59 Å². The molecule has 6 nitrogen and oxygen atoms in total. The molecule has 2 heterocycles. The number of thiazole rings is 1. The highest BCUT2D eigenvalue weighted by molar-refractivity contribution is 7.13. The molecule has 0 fully saturated rings. The van der Waals surface area contributed by atoms with Crippen LogP contribution in [0.15, 0.2) is 78.4 Å². The molecule has 0 saturated carbocycles. The fraction of sp³-hybridized carbons (Fsp3) is 0.0833. The molecule has 0 aliphatic carbocycles. The Bertz CT molecular complexity index is 1200. The number of pyridine rings is 1. The van der Waals surface area contributed by atoms with Gasteiger partial charge in [-0.25, -0.2) is 4.98 Å². The van der Waals surface area contributed by atoms with E-state index in [0.29, 0.717) is 11.4 Å². The van der Waals surface area contributed by atoms with Crippen LogP contribution in [0, 0.1) is 0 Å². The summed E-state index contributed by atoms with van der Waals surface area (Å²) in [6.45, 7) is 1.44. The van der Waals surface area contributed by atoms with Gasteiger partial charge in [-0.3, -0.25) is 14.6 Å². The third kappa shape index (κ3) is 5.40. The maximum Gasteiger partial charge on any atom is 0.228 e. The molecule has 2 aromatic carbocycles. The lowest BCUT2D eigenvalue weighted by molar-refractivity contribution is -0.115. The third-order valence-corrected chi connectivity index (χ3v) is 5.40. The maximum atomic E-state index is 12.4. The largest absolute Gasteiger partial charge is 0.326 e. The summed E-state index contributed by atoms with van der Waals surface area (Å²) >= 11 is 1.59. The first-order valence-electron chi connectivity index (χ1n) is 9.69. The zero-order valence-electron chi connectivity index (χ0n) is 16.8. The van der Waals surface area contributed by atoms with E-state index in [2.05, 4.69) is 15.6 Å². The van der Waals surface area contributed by atoms with E-state index in [0.717, 1.165) is 27.4 Å².